The highest BCUT2D eigenvalue weighted by molar-refractivity contribution is 7.10. The maximum absolute atomic E-state index is 12.1. The van der Waals surface area contributed by atoms with E-state index in [1.54, 1.807) is 11.3 Å². The highest BCUT2D eigenvalue weighted by atomic mass is 32.1. The molecule has 0 bridgehead atoms. The van der Waals surface area contributed by atoms with Crippen molar-refractivity contribution in [3.05, 3.63) is 57.8 Å². The molecule has 0 aliphatic carbocycles. The van der Waals surface area contributed by atoms with Gasteiger partial charge in [-0.15, -0.1) is 11.3 Å². The third-order valence-electron chi connectivity index (χ3n) is 3.73. The largest absolute Gasteiger partial charge is 0.396 e. The van der Waals surface area contributed by atoms with Gasteiger partial charge in [-0.2, -0.15) is 0 Å². The van der Waals surface area contributed by atoms with Gasteiger partial charge < -0.3 is 10.4 Å². The maximum Gasteiger partial charge on any atom is 0.220 e. The quantitative estimate of drug-likeness (QED) is 0.781. The first kappa shape index (κ1) is 16.7. The smallest absolute Gasteiger partial charge is 0.220 e. The molecule has 0 aliphatic rings. The molecule has 3 nitrogen and oxygen atoms in total. The average Bonchev–Trinajstić information content (AvgIpc) is 2.93. The zero-order valence-corrected chi connectivity index (χ0v) is 13.7. The molecule has 1 atom stereocenters. The Bertz CT molecular complexity index is 580. The number of aliphatic hydroxyl groups is 1. The first-order valence-corrected chi connectivity index (χ1v) is 8.57. The van der Waals surface area contributed by atoms with E-state index in [0.29, 0.717) is 12.8 Å². The van der Waals surface area contributed by atoms with Gasteiger partial charge in [0.2, 0.25) is 5.91 Å². The topological polar surface area (TPSA) is 49.3 Å². The fraction of sp³-hybridized carbons (Fsp3) is 0.389. The van der Waals surface area contributed by atoms with Crippen LogP contribution in [-0.2, 0) is 11.2 Å². The minimum Gasteiger partial charge on any atom is -0.396 e. The molecule has 1 amide bonds. The lowest BCUT2D eigenvalue weighted by Gasteiger charge is -2.18. The van der Waals surface area contributed by atoms with E-state index in [-0.39, 0.29) is 18.6 Å². The van der Waals surface area contributed by atoms with Gasteiger partial charge in [-0.1, -0.05) is 30.3 Å². The van der Waals surface area contributed by atoms with E-state index in [9.17, 15) is 9.90 Å². The van der Waals surface area contributed by atoms with Gasteiger partial charge in [0.05, 0.1) is 6.04 Å². The molecular formula is C18H23NO2S. The van der Waals surface area contributed by atoms with E-state index in [2.05, 4.69) is 23.7 Å². The van der Waals surface area contributed by atoms with E-state index in [0.717, 1.165) is 18.4 Å². The Hall–Kier alpha value is -1.65. The van der Waals surface area contributed by atoms with E-state index in [4.69, 9.17) is 0 Å². The third kappa shape index (κ3) is 4.97. The summed E-state index contributed by atoms with van der Waals surface area (Å²) in [5.74, 6) is 0.0523. The molecule has 2 rings (SSSR count). The number of carbonyl (C=O) groups is 1. The van der Waals surface area contributed by atoms with Crippen LogP contribution in [0.25, 0.3) is 0 Å². The Morgan fingerprint density at radius 2 is 2.05 bits per heavy atom. The van der Waals surface area contributed by atoms with Gasteiger partial charge >= 0.3 is 0 Å². The van der Waals surface area contributed by atoms with Crippen molar-refractivity contribution in [1.29, 1.82) is 0 Å². The Morgan fingerprint density at radius 1 is 1.27 bits per heavy atom. The van der Waals surface area contributed by atoms with Crippen molar-refractivity contribution in [3.63, 3.8) is 0 Å². The summed E-state index contributed by atoms with van der Waals surface area (Å²) in [5.41, 5.74) is 2.35. The van der Waals surface area contributed by atoms with Crippen molar-refractivity contribution in [1.82, 2.24) is 5.32 Å². The third-order valence-corrected chi connectivity index (χ3v) is 4.81. The predicted molar refractivity (Wildman–Crippen MR) is 91.0 cm³/mol. The minimum absolute atomic E-state index is 0.0523. The second-order valence-electron chi connectivity index (χ2n) is 5.42. The van der Waals surface area contributed by atoms with Gasteiger partial charge in [-0.25, -0.2) is 0 Å². The normalized spacial score (nSPS) is 12.1. The molecule has 0 fully saturated rings. The summed E-state index contributed by atoms with van der Waals surface area (Å²) in [4.78, 5) is 13.5. The highest BCUT2D eigenvalue weighted by Crippen LogP contribution is 2.19. The number of aliphatic hydroxyl groups excluding tert-OH is 1. The molecule has 0 aliphatic heterocycles. The predicted octanol–water partition coefficient (Wildman–Crippen LogP) is 3.62. The maximum atomic E-state index is 12.1. The van der Waals surface area contributed by atoms with Gasteiger partial charge in [0, 0.05) is 17.9 Å². The standard InChI is InChI=1S/C18H23NO2S/c1-14-11-13-22-17(14)8-5-9-18(21)19-16(10-12-20)15-6-3-2-4-7-15/h2-4,6-7,11,13,16,20H,5,8-10,12H2,1H3,(H,19,21). The number of hydrogen-bond donors (Lipinski definition) is 2. The van der Waals surface area contributed by atoms with Crippen molar-refractivity contribution < 1.29 is 9.90 Å². The van der Waals surface area contributed by atoms with E-state index >= 15 is 0 Å². The van der Waals surface area contributed by atoms with Crippen LogP contribution >= 0.6 is 11.3 Å². The van der Waals surface area contributed by atoms with Crippen LogP contribution in [0.4, 0.5) is 0 Å². The number of amides is 1. The zero-order valence-electron chi connectivity index (χ0n) is 12.9. The summed E-state index contributed by atoms with van der Waals surface area (Å²) >= 11 is 1.76. The van der Waals surface area contributed by atoms with Crippen molar-refractivity contribution >= 4 is 17.2 Å². The summed E-state index contributed by atoms with van der Waals surface area (Å²) in [6.45, 7) is 2.17. The van der Waals surface area contributed by atoms with Crippen LogP contribution < -0.4 is 5.32 Å². The number of rotatable bonds is 8. The molecule has 1 unspecified atom stereocenters. The Balaban J connectivity index is 1.82. The molecule has 0 saturated carbocycles. The van der Waals surface area contributed by atoms with Crippen molar-refractivity contribution in [3.8, 4) is 0 Å². The van der Waals surface area contributed by atoms with Gasteiger partial charge in [0.1, 0.15) is 0 Å². The van der Waals surface area contributed by atoms with Crippen LogP contribution in [0.1, 0.15) is 41.3 Å². The fourth-order valence-corrected chi connectivity index (χ4v) is 3.43. The number of hydrogen-bond acceptors (Lipinski definition) is 3. The summed E-state index contributed by atoms with van der Waals surface area (Å²) in [7, 11) is 0. The summed E-state index contributed by atoms with van der Waals surface area (Å²) in [6.07, 6.45) is 2.87. The minimum atomic E-state index is -0.109. The lowest BCUT2D eigenvalue weighted by atomic mass is 10.0. The lowest BCUT2D eigenvalue weighted by molar-refractivity contribution is -0.122. The molecule has 0 saturated heterocycles. The second kappa shape index (κ2) is 8.71. The molecule has 0 radical (unpaired) electrons. The molecule has 22 heavy (non-hydrogen) atoms. The van der Waals surface area contributed by atoms with Crippen LogP contribution in [0.15, 0.2) is 41.8 Å². The first-order valence-electron chi connectivity index (χ1n) is 7.69. The van der Waals surface area contributed by atoms with Gasteiger partial charge in [-0.3, -0.25) is 4.79 Å². The van der Waals surface area contributed by atoms with Crippen LogP contribution in [0.3, 0.4) is 0 Å². The molecule has 1 heterocycles. The van der Waals surface area contributed by atoms with E-state index in [1.807, 2.05) is 30.3 Å². The molecule has 2 aromatic rings. The molecule has 0 spiro atoms. The lowest BCUT2D eigenvalue weighted by Crippen LogP contribution is -2.29. The molecule has 2 N–H and O–H groups in total. The summed E-state index contributed by atoms with van der Waals surface area (Å²) in [5, 5.41) is 14.3. The monoisotopic (exact) mass is 317 g/mol. The van der Waals surface area contributed by atoms with E-state index < -0.39 is 0 Å². The van der Waals surface area contributed by atoms with Crippen LogP contribution in [-0.4, -0.2) is 17.6 Å². The molecular weight excluding hydrogens is 294 g/mol. The Kier molecular flexibility index (Phi) is 6.62. The van der Waals surface area contributed by atoms with Gasteiger partial charge in [0.15, 0.2) is 0 Å². The molecule has 118 valence electrons. The number of benzene rings is 1. The number of carbonyl (C=O) groups excluding carboxylic acids is 1. The zero-order chi connectivity index (χ0) is 15.8. The Morgan fingerprint density at radius 3 is 2.68 bits per heavy atom. The first-order chi connectivity index (χ1) is 10.7. The number of thiophene rings is 1. The van der Waals surface area contributed by atoms with Crippen molar-refractivity contribution in [2.24, 2.45) is 0 Å². The molecule has 1 aromatic heterocycles. The Labute approximate surface area is 136 Å². The fourth-order valence-electron chi connectivity index (χ4n) is 2.47. The van der Waals surface area contributed by atoms with E-state index in [1.165, 1.54) is 10.4 Å². The van der Waals surface area contributed by atoms with Crippen molar-refractivity contribution in [2.75, 3.05) is 6.61 Å². The SMILES string of the molecule is Cc1ccsc1CCCC(=O)NC(CCO)c1ccccc1. The van der Waals surface area contributed by atoms with Crippen molar-refractivity contribution in [2.45, 2.75) is 38.6 Å². The highest BCUT2D eigenvalue weighted by Gasteiger charge is 2.13. The van der Waals surface area contributed by atoms with Crippen LogP contribution in [0.2, 0.25) is 0 Å². The van der Waals surface area contributed by atoms with Gasteiger partial charge in [0.25, 0.3) is 0 Å². The second-order valence-corrected chi connectivity index (χ2v) is 6.42. The van der Waals surface area contributed by atoms with Crippen LogP contribution in [0.5, 0.6) is 0 Å². The molecule has 4 heteroatoms. The molecule has 1 aromatic carbocycles. The summed E-state index contributed by atoms with van der Waals surface area (Å²) < 4.78 is 0. The van der Waals surface area contributed by atoms with Crippen LogP contribution in [0, 0.1) is 6.92 Å². The summed E-state index contributed by atoms with van der Waals surface area (Å²) in [6, 6.07) is 11.8. The van der Waals surface area contributed by atoms with Gasteiger partial charge in [-0.05, 0) is 48.8 Å². The average molecular weight is 317 g/mol. The number of aryl methyl sites for hydroxylation is 2. The number of nitrogens with one attached hydrogen (secondary N) is 1.